The van der Waals surface area contributed by atoms with E-state index in [1.807, 2.05) is 6.20 Å². The van der Waals surface area contributed by atoms with Gasteiger partial charge in [-0.05, 0) is 62.5 Å². The molecule has 6 aromatic rings. The fraction of sp³-hybridized carbons (Fsp3) is 0.250. The third-order valence-electron chi connectivity index (χ3n) is 7.93. The predicted molar refractivity (Wildman–Crippen MR) is 197 cm³/mol. The molecular formula is C36H43Cl3N6. The molecule has 0 spiro atoms. The van der Waals surface area contributed by atoms with Crippen LogP contribution in [0.3, 0.4) is 0 Å². The third kappa shape index (κ3) is 10.4. The summed E-state index contributed by atoms with van der Waals surface area (Å²) in [6, 6.07) is 37.1. The van der Waals surface area contributed by atoms with Gasteiger partial charge in [0.25, 0.3) is 0 Å². The van der Waals surface area contributed by atoms with Crippen molar-refractivity contribution in [2.75, 3.05) is 39.3 Å². The van der Waals surface area contributed by atoms with Crippen molar-refractivity contribution in [1.29, 1.82) is 0 Å². The van der Waals surface area contributed by atoms with Crippen LogP contribution in [0, 0.1) is 0 Å². The van der Waals surface area contributed by atoms with Gasteiger partial charge in [-0.15, -0.1) is 37.2 Å². The number of fused-ring (bicyclic) bond motifs is 3. The van der Waals surface area contributed by atoms with Crippen LogP contribution in [-0.4, -0.2) is 54.4 Å². The Morgan fingerprint density at radius 3 is 1.40 bits per heavy atom. The van der Waals surface area contributed by atoms with E-state index in [0.29, 0.717) is 0 Å². The molecule has 4 N–H and O–H groups in total. The van der Waals surface area contributed by atoms with E-state index in [9.17, 15) is 0 Å². The maximum absolute atomic E-state index is 4.13. The van der Waals surface area contributed by atoms with Gasteiger partial charge in [-0.1, -0.05) is 78.9 Å². The van der Waals surface area contributed by atoms with Crippen LogP contribution in [0.1, 0.15) is 16.7 Å². The molecule has 1 aromatic heterocycles. The quantitative estimate of drug-likeness (QED) is 0.0882. The number of benzene rings is 5. The Balaban J connectivity index is 0.00000184. The first-order chi connectivity index (χ1) is 20.8. The Kier molecular flexibility index (Phi) is 15.1. The molecule has 6 rings (SSSR count). The second-order valence-corrected chi connectivity index (χ2v) is 11.0. The highest BCUT2D eigenvalue weighted by Crippen LogP contribution is 2.17. The summed E-state index contributed by atoms with van der Waals surface area (Å²) in [7, 11) is 0. The lowest BCUT2D eigenvalue weighted by Gasteiger charge is -2.23. The number of H-pyrrole nitrogens is 1. The molecule has 0 amide bonds. The van der Waals surface area contributed by atoms with Crippen molar-refractivity contribution in [2.24, 2.45) is 0 Å². The van der Waals surface area contributed by atoms with Crippen LogP contribution in [0.15, 0.2) is 109 Å². The lowest BCUT2D eigenvalue weighted by Crippen LogP contribution is -2.40. The monoisotopic (exact) mass is 664 g/mol. The minimum atomic E-state index is 0. The van der Waals surface area contributed by atoms with Crippen molar-refractivity contribution >= 4 is 69.7 Å². The van der Waals surface area contributed by atoms with Crippen LogP contribution in [-0.2, 0) is 19.6 Å². The van der Waals surface area contributed by atoms with Gasteiger partial charge in [-0.25, -0.2) is 0 Å². The summed E-state index contributed by atoms with van der Waals surface area (Å²) in [6.07, 6.45) is 1.89. The molecule has 0 aliphatic carbocycles. The second kappa shape index (κ2) is 18.7. The van der Waals surface area contributed by atoms with Gasteiger partial charge in [-0.3, -0.25) is 10.00 Å². The first kappa shape index (κ1) is 36.3. The molecule has 0 radical (unpaired) electrons. The van der Waals surface area contributed by atoms with Crippen LogP contribution in [0.5, 0.6) is 0 Å². The van der Waals surface area contributed by atoms with Gasteiger partial charge in [0.15, 0.2) is 0 Å². The first-order valence-electron chi connectivity index (χ1n) is 15.0. The van der Waals surface area contributed by atoms with Gasteiger partial charge in [0, 0.05) is 64.3 Å². The topological polar surface area (TPSA) is 68.0 Å². The van der Waals surface area contributed by atoms with Gasteiger partial charge in [0.05, 0.1) is 11.7 Å². The van der Waals surface area contributed by atoms with Crippen LogP contribution < -0.4 is 16.0 Å². The Morgan fingerprint density at radius 2 is 0.911 bits per heavy atom. The Labute approximate surface area is 284 Å². The van der Waals surface area contributed by atoms with E-state index >= 15 is 0 Å². The number of nitrogens with zero attached hydrogens (tertiary/aromatic N) is 2. The van der Waals surface area contributed by atoms with Crippen molar-refractivity contribution in [2.45, 2.75) is 19.6 Å². The summed E-state index contributed by atoms with van der Waals surface area (Å²) < 4.78 is 0. The molecule has 9 heteroatoms. The highest BCUT2D eigenvalue weighted by atomic mass is 35.5. The molecule has 5 aromatic carbocycles. The standard InChI is InChI=1S/C36H40N6.3ClH/c1-3-7-33-21-28(9-12-31(33)5-1)24-37-15-18-42(20-17-39-26-30-11-14-36-35(23-30)27-40-41-36)19-16-38-25-29-10-13-32-6-2-4-8-34(32)22-29;;;/h1-14,21-23,27,37-39H,15-20,24-26H2,(H,40,41);3*1H. The van der Waals surface area contributed by atoms with Crippen LogP contribution in [0.25, 0.3) is 32.4 Å². The first-order valence-corrected chi connectivity index (χ1v) is 15.0. The maximum atomic E-state index is 4.13. The van der Waals surface area contributed by atoms with E-state index in [0.717, 1.165) is 69.8 Å². The Bertz CT molecular complexity index is 1650. The number of hydrogen-bond acceptors (Lipinski definition) is 5. The average Bonchev–Trinajstić information content (AvgIpc) is 3.51. The number of nitrogens with one attached hydrogen (secondary N) is 4. The molecule has 0 unspecified atom stereocenters. The fourth-order valence-corrected chi connectivity index (χ4v) is 5.54. The zero-order valence-corrected chi connectivity index (χ0v) is 27.8. The van der Waals surface area contributed by atoms with Crippen molar-refractivity contribution in [1.82, 2.24) is 31.0 Å². The van der Waals surface area contributed by atoms with E-state index in [1.54, 1.807) is 0 Å². The van der Waals surface area contributed by atoms with Crippen molar-refractivity contribution < 1.29 is 0 Å². The summed E-state index contributed by atoms with van der Waals surface area (Å²) in [6.45, 7) is 8.49. The number of aromatic nitrogens is 2. The highest BCUT2D eigenvalue weighted by Gasteiger charge is 2.06. The third-order valence-corrected chi connectivity index (χ3v) is 7.93. The predicted octanol–water partition coefficient (Wildman–Crippen LogP) is 7.11. The van der Waals surface area contributed by atoms with Crippen LogP contribution >= 0.6 is 37.2 Å². The van der Waals surface area contributed by atoms with Gasteiger partial charge >= 0.3 is 0 Å². The van der Waals surface area contributed by atoms with E-state index in [2.05, 4.69) is 134 Å². The van der Waals surface area contributed by atoms with Gasteiger partial charge in [-0.2, -0.15) is 5.10 Å². The molecule has 0 atom stereocenters. The van der Waals surface area contributed by atoms with Crippen molar-refractivity contribution in [3.8, 4) is 0 Å². The van der Waals surface area contributed by atoms with Gasteiger partial charge < -0.3 is 16.0 Å². The minimum Gasteiger partial charge on any atom is -0.311 e. The normalized spacial score (nSPS) is 11.0. The summed E-state index contributed by atoms with van der Waals surface area (Å²) in [5, 5.41) is 24.5. The van der Waals surface area contributed by atoms with Gasteiger partial charge in [0.1, 0.15) is 0 Å². The maximum Gasteiger partial charge on any atom is 0.0650 e. The molecule has 0 saturated carbocycles. The summed E-state index contributed by atoms with van der Waals surface area (Å²) >= 11 is 0. The fourth-order valence-electron chi connectivity index (χ4n) is 5.54. The lowest BCUT2D eigenvalue weighted by molar-refractivity contribution is 0.271. The molecule has 0 aliphatic rings. The van der Waals surface area contributed by atoms with Gasteiger partial charge in [0.2, 0.25) is 0 Å². The number of halogens is 3. The molecule has 1 heterocycles. The molecule has 0 bridgehead atoms. The summed E-state index contributed by atoms with van der Waals surface area (Å²) in [4.78, 5) is 2.55. The second-order valence-electron chi connectivity index (χ2n) is 11.0. The SMILES string of the molecule is Cl.Cl.Cl.c1ccc2cc(CNCCN(CCNCc3ccc4ccccc4c3)CCNCc3ccc4[nH]ncc4c3)ccc2c1. The van der Waals surface area contributed by atoms with Crippen LogP contribution in [0.4, 0.5) is 0 Å². The van der Waals surface area contributed by atoms with E-state index in [-0.39, 0.29) is 37.2 Å². The minimum absolute atomic E-state index is 0. The van der Waals surface area contributed by atoms with Crippen LogP contribution in [0.2, 0.25) is 0 Å². The molecule has 6 nitrogen and oxygen atoms in total. The molecule has 238 valence electrons. The Morgan fingerprint density at radius 1 is 0.489 bits per heavy atom. The zero-order valence-electron chi connectivity index (χ0n) is 25.4. The smallest absolute Gasteiger partial charge is 0.0650 e. The average molecular weight is 666 g/mol. The number of rotatable bonds is 15. The molecule has 0 fully saturated rings. The Hall–Kier alpha value is -3.20. The highest BCUT2D eigenvalue weighted by molar-refractivity contribution is 5.86. The largest absolute Gasteiger partial charge is 0.311 e. The van der Waals surface area contributed by atoms with E-state index in [1.165, 1.54) is 38.2 Å². The van der Waals surface area contributed by atoms with E-state index in [4.69, 9.17) is 0 Å². The van der Waals surface area contributed by atoms with E-state index < -0.39 is 0 Å². The number of hydrogen-bond donors (Lipinski definition) is 4. The molecule has 45 heavy (non-hydrogen) atoms. The molecule has 0 aliphatic heterocycles. The molecule has 0 saturated heterocycles. The van der Waals surface area contributed by atoms with Crippen molar-refractivity contribution in [3.63, 3.8) is 0 Å². The number of aromatic amines is 1. The molecular weight excluding hydrogens is 623 g/mol. The lowest BCUT2D eigenvalue weighted by atomic mass is 10.1. The van der Waals surface area contributed by atoms with Crippen molar-refractivity contribution in [3.05, 3.63) is 126 Å². The summed E-state index contributed by atoms with van der Waals surface area (Å²) in [5.41, 5.74) is 5.02. The summed E-state index contributed by atoms with van der Waals surface area (Å²) in [5.74, 6) is 0. The zero-order chi connectivity index (χ0) is 28.4.